The van der Waals surface area contributed by atoms with E-state index in [1.807, 2.05) is 24.3 Å². The van der Waals surface area contributed by atoms with E-state index < -0.39 is 0 Å². The lowest BCUT2D eigenvalue weighted by molar-refractivity contribution is 0.686. The van der Waals surface area contributed by atoms with Crippen LogP contribution in [-0.2, 0) is 0 Å². The molecule has 106 valence electrons. The Morgan fingerprint density at radius 2 is 1.80 bits per heavy atom. The highest BCUT2D eigenvalue weighted by Crippen LogP contribution is 2.17. The van der Waals surface area contributed by atoms with E-state index in [-0.39, 0.29) is 6.04 Å². The summed E-state index contributed by atoms with van der Waals surface area (Å²) in [7, 11) is 0. The van der Waals surface area contributed by atoms with Crippen LogP contribution in [0, 0.1) is 5.92 Å². The van der Waals surface area contributed by atoms with Gasteiger partial charge >= 0.3 is 0 Å². The molecule has 0 radical (unpaired) electrons. The highest BCUT2D eigenvalue weighted by atomic mass is 15.1. The fourth-order valence-electron chi connectivity index (χ4n) is 1.85. The summed E-state index contributed by atoms with van der Waals surface area (Å²) in [5.41, 5.74) is 1.22. The van der Waals surface area contributed by atoms with Crippen molar-refractivity contribution in [3.63, 3.8) is 0 Å². The van der Waals surface area contributed by atoms with Crippen LogP contribution in [0.25, 0.3) is 0 Å². The molecule has 4 heteroatoms. The third-order valence-electron chi connectivity index (χ3n) is 2.99. The van der Waals surface area contributed by atoms with Crippen LogP contribution in [0.5, 0.6) is 0 Å². The van der Waals surface area contributed by atoms with Gasteiger partial charge in [0.15, 0.2) is 0 Å². The Hall–Kier alpha value is -2.10. The van der Waals surface area contributed by atoms with Gasteiger partial charge in [-0.05, 0) is 24.5 Å². The fraction of sp³-hybridized carbons (Fsp3) is 0.375. The van der Waals surface area contributed by atoms with Crippen molar-refractivity contribution in [1.29, 1.82) is 0 Å². The van der Waals surface area contributed by atoms with E-state index in [2.05, 4.69) is 53.5 Å². The van der Waals surface area contributed by atoms with E-state index in [9.17, 15) is 0 Å². The summed E-state index contributed by atoms with van der Waals surface area (Å²) in [6, 6.07) is 12.3. The monoisotopic (exact) mass is 270 g/mol. The van der Waals surface area contributed by atoms with Crippen molar-refractivity contribution in [2.24, 2.45) is 5.92 Å². The molecule has 0 saturated carbocycles. The number of nitrogens with one attached hydrogen (secondary N) is 2. The first kappa shape index (κ1) is 14.3. The summed E-state index contributed by atoms with van der Waals surface area (Å²) < 4.78 is 0. The lowest BCUT2D eigenvalue weighted by atomic mass is 10.1. The molecule has 0 aliphatic rings. The van der Waals surface area contributed by atoms with Crippen molar-refractivity contribution in [2.45, 2.75) is 26.8 Å². The highest BCUT2D eigenvalue weighted by Gasteiger charge is 2.07. The van der Waals surface area contributed by atoms with Crippen molar-refractivity contribution in [3.8, 4) is 0 Å². The van der Waals surface area contributed by atoms with Crippen LogP contribution in [0.15, 0.2) is 42.6 Å². The predicted octanol–water partition coefficient (Wildman–Crippen LogP) is 3.72. The van der Waals surface area contributed by atoms with Crippen LogP contribution in [0.2, 0.25) is 0 Å². The number of rotatable bonds is 6. The van der Waals surface area contributed by atoms with Gasteiger partial charge in [-0.15, -0.1) is 0 Å². The third-order valence-corrected chi connectivity index (χ3v) is 2.99. The zero-order chi connectivity index (χ0) is 14.4. The maximum absolute atomic E-state index is 4.48. The Morgan fingerprint density at radius 1 is 1.05 bits per heavy atom. The van der Waals surface area contributed by atoms with Gasteiger partial charge < -0.3 is 10.6 Å². The SMILES string of the molecule is CC(C)CNc1ccnc(NC(C)c2ccccc2)n1. The Kier molecular flexibility index (Phi) is 4.93. The van der Waals surface area contributed by atoms with Gasteiger partial charge in [-0.3, -0.25) is 0 Å². The summed E-state index contributed by atoms with van der Waals surface area (Å²) >= 11 is 0. The normalized spacial score (nSPS) is 12.2. The lowest BCUT2D eigenvalue weighted by Crippen LogP contribution is -2.12. The minimum absolute atomic E-state index is 0.177. The van der Waals surface area contributed by atoms with Gasteiger partial charge in [0.2, 0.25) is 5.95 Å². The molecule has 2 N–H and O–H groups in total. The quantitative estimate of drug-likeness (QED) is 0.840. The molecule has 0 saturated heterocycles. The van der Waals surface area contributed by atoms with Crippen molar-refractivity contribution in [3.05, 3.63) is 48.2 Å². The Bertz CT molecular complexity index is 525. The van der Waals surface area contributed by atoms with Gasteiger partial charge in [0.25, 0.3) is 0 Å². The molecule has 1 atom stereocenters. The van der Waals surface area contributed by atoms with E-state index in [0.717, 1.165) is 12.4 Å². The molecular weight excluding hydrogens is 248 g/mol. The van der Waals surface area contributed by atoms with E-state index >= 15 is 0 Å². The average Bonchev–Trinajstić information content (AvgIpc) is 2.46. The molecule has 0 amide bonds. The Labute approximate surface area is 120 Å². The molecule has 4 nitrogen and oxygen atoms in total. The number of anilines is 2. The molecule has 0 aliphatic carbocycles. The number of aromatic nitrogens is 2. The summed E-state index contributed by atoms with van der Waals surface area (Å²) in [5.74, 6) is 2.09. The molecule has 1 aromatic carbocycles. The summed E-state index contributed by atoms with van der Waals surface area (Å²) in [4.78, 5) is 8.75. The van der Waals surface area contributed by atoms with Crippen LogP contribution in [0.4, 0.5) is 11.8 Å². The number of hydrogen-bond acceptors (Lipinski definition) is 4. The molecule has 0 aliphatic heterocycles. The maximum atomic E-state index is 4.48. The van der Waals surface area contributed by atoms with Gasteiger partial charge in [0, 0.05) is 12.7 Å². The van der Waals surface area contributed by atoms with Gasteiger partial charge in [0.05, 0.1) is 6.04 Å². The summed E-state index contributed by atoms with van der Waals surface area (Å²) in [5, 5.41) is 6.63. The molecule has 2 rings (SSSR count). The smallest absolute Gasteiger partial charge is 0.225 e. The molecule has 1 unspecified atom stereocenters. The number of hydrogen-bond donors (Lipinski definition) is 2. The minimum Gasteiger partial charge on any atom is -0.370 e. The fourth-order valence-corrected chi connectivity index (χ4v) is 1.85. The largest absolute Gasteiger partial charge is 0.370 e. The summed E-state index contributed by atoms with van der Waals surface area (Å²) in [6.07, 6.45) is 1.77. The zero-order valence-electron chi connectivity index (χ0n) is 12.3. The molecule has 0 bridgehead atoms. The second-order valence-electron chi connectivity index (χ2n) is 5.32. The second-order valence-corrected chi connectivity index (χ2v) is 5.32. The molecule has 0 spiro atoms. The zero-order valence-corrected chi connectivity index (χ0v) is 12.3. The first-order chi connectivity index (χ1) is 9.65. The number of nitrogens with zero attached hydrogens (tertiary/aromatic N) is 2. The van der Waals surface area contributed by atoms with Crippen molar-refractivity contribution >= 4 is 11.8 Å². The first-order valence-corrected chi connectivity index (χ1v) is 7.03. The van der Waals surface area contributed by atoms with Gasteiger partial charge in [-0.2, -0.15) is 4.98 Å². The second kappa shape index (κ2) is 6.89. The topological polar surface area (TPSA) is 49.8 Å². The molecular formula is C16H22N4. The van der Waals surface area contributed by atoms with E-state index in [1.54, 1.807) is 6.20 Å². The van der Waals surface area contributed by atoms with E-state index in [0.29, 0.717) is 11.9 Å². The average molecular weight is 270 g/mol. The molecule has 0 fully saturated rings. The van der Waals surface area contributed by atoms with Crippen molar-refractivity contribution in [2.75, 3.05) is 17.2 Å². The number of benzene rings is 1. The lowest BCUT2D eigenvalue weighted by Gasteiger charge is -2.15. The standard InChI is InChI=1S/C16H22N4/c1-12(2)11-18-15-9-10-17-16(20-15)19-13(3)14-7-5-4-6-8-14/h4-10,12-13H,11H2,1-3H3,(H2,17,18,19,20). The van der Waals surface area contributed by atoms with Crippen LogP contribution in [-0.4, -0.2) is 16.5 Å². The van der Waals surface area contributed by atoms with Crippen LogP contribution in [0.1, 0.15) is 32.4 Å². The first-order valence-electron chi connectivity index (χ1n) is 7.03. The Morgan fingerprint density at radius 3 is 2.50 bits per heavy atom. The molecule has 20 heavy (non-hydrogen) atoms. The van der Waals surface area contributed by atoms with Crippen LogP contribution in [0.3, 0.4) is 0 Å². The predicted molar refractivity (Wildman–Crippen MR) is 83.8 cm³/mol. The Balaban J connectivity index is 2.00. The van der Waals surface area contributed by atoms with Crippen molar-refractivity contribution < 1.29 is 0 Å². The summed E-state index contributed by atoms with van der Waals surface area (Å²) in [6.45, 7) is 7.35. The molecule has 1 heterocycles. The van der Waals surface area contributed by atoms with Crippen LogP contribution < -0.4 is 10.6 Å². The van der Waals surface area contributed by atoms with E-state index in [1.165, 1.54) is 5.56 Å². The van der Waals surface area contributed by atoms with Gasteiger partial charge in [0.1, 0.15) is 5.82 Å². The van der Waals surface area contributed by atoms with Crippen molar-refractivity contribution in [1.82, 2.24) is 9.97 Å². The van der Waals surface area contributed by atoms with Gasteiger partial charge in [-0.1, -0.05) is 44.2 Å². The minimum atomic E-state index is 0.177. The molecule has 1 aromatic heterocycles. The van der Waals surface area contributed by atoms with E-state index in [4.69, 9.17) is 0 Å². The third kappa shape index (κ3) is 4.23. The van der Waals surface area contributed by atoms with Gasteiger partial charge in [-0.25, -0.2) is 4.98 Å². The maximum Gasteiger partial charge on any atom is 0.225 e. The molecule has 2 aromatic rings. The highest BCUT2D eigenvalue weighted by molar-refractivity contribution is 5.41. The van der Waals surface area contributed by atoms with Crippen LogP contribution >= 0.6 is 0 Å².